The molecule has 0 bridgehead atoms. The predicted molar refractivity (Wildman–Crippen MR) is 75.5 cm³/mol. The first-order chi connectivity index (χ1) is 9.43. The average molecular weight is 282 g/mol. The van der Waals surface area contributed by atoms with E-state index in [9.17, 15) is 15.0 Å². The minimum atomic E-state index is -0.719. The van der Waals surface area contributed by atoms with E-state index in [1.54, 1.807) is 6.07 Å². The summed E-state index contributed by atoms with van der Waals surface area (Å²) in [4.78, 5) is 11.9. The summed E-state index contributed by atoms with van der Waals surface area (Å²) >= 11 is 0. The molecule has 6 heteroatoms. The normalized spacial score (nSPS) is 13.8. The van der Waals surface area contributed by atoms with Gasteiger partial charge in [0.25, 0.3) is 0 Å². The van der Waals surface area contributed by atoms with Gasteiger partial charge < -0.3 is 26.0 Å². The van der Waals surface area contributed by atoms with Crippen LogP contribution >= 0.6 is 0 Å². The van der Waals surface area contributed by atoms with Crippen molar-refractivity contribution in [3.8, 4) is 11.5 Å². The molecule has 6 nitrogen and oxygen atoms in total. The minimum absolute atomic E-state index is 0.110. The second-order valence-corrected chi connectivity index (χ2v) is 4.70. The van der Waals surface area contributed by atoms with Gasteiger partial charge in [-0.05, 0) is 38.0 Å². The highest BCUT2D eigenvalue weighted by Gasteiger charge is 2.16. The number of phenolic OH excluding ortho intramolecular Hbond substituents is 2. The second-order valence-electron chi connectivity index (χ2n) is 4.70. The summed E-state index contributed by atoms with van der Waals surface area (Å²) in [6.45, 7) is 4.76. The van der Waals surface area contributed by atoms with Crippen molar-refractivity contribution in [1.29, 1.82) is 0 Å². The molecule has 112 valence electrons. The summed E-state index contributed by atoms with van der Waals surface area (Å²) < 4.78 is 5.21. The van der Waals surface area contributed by atoms with E-state index in [1.165, 1.54) is 12.1 Å². The van der Waals surface area contributed by atoms with Crippen LogP contribution in [0.25, 0.3) is 0 Å². The van der Waals surface area contributed by atoms with Crippen LogP contribution in [-0.2, 0) is 16.0 Å². The summed E-state index contributed by atoms with van der Waals surface area (Å²) in [6.07, 6.45) is 0.279. The second kappa shape index (κ2) is 7.72. The first-order valence-corrected chi connectivity index (χ1v) is 6.58. The molecule has 0 spiro atoms. The van der Waals surface area contributed by atoms with Gasteiger partial charge in [-0.25, -0.2) is 0 Å². The third-order valence-electron chi connectivity index (χ3n) is 2.79. The van der Waals surface area contributed by atoms with Crippen molar-refractivity contribution in [1.82, 2.24) is 5.32 Å². The van der Waals surface area contributed by atoms with E-state index in [-0.39, 0.29) is 29.9 Å². The predicted octanol–water partition coefficient (Wildman–Crippen LogP) is 0.509. The highest BCUT2D eigenvalue weighted by atomic mass is 16.5. The van der Waals surface area contributed by atoms with Crippen LogP contribution in [0.1, 0.15) is 19.4 Å². The van der Waals surface area contributed by atoms with Gasteiger partial charge in [0, 0.05) is 12.6 Å². The lowest BCUT2D eigenvalue weighted by Gasteiger charge is -2.17. The van der Waals surface area contributed by atoms with Crippen LogP contribution in [0.3, 0.4) is 0 Å². The van der Waals surface area contributed by atoms with Crippen molar-refractivity contribution in [2.75, 3.05) is 13.2 Å². The molecular weight excluding hydrogens is 260 g/mol. The zero-order valence-corrected chi connectivity index (χ0v) is 11.8. The highest BCUT2D eigenvalue weighted by Crippen LogP contribution is 2.25. The number of hydrogen-bond acceptors (Lipinski definition) is 5. The number of phenols is 2. The molecule has 1 aromatic rings. The van der Waals surface area contributed by atoms with Crippen molar-refractivity contribution in [2.24, 2.45) is 5.73 Å². The first kappa shape index (κ1) is 16.3. The van der Waals surface area contributed by atoms with E-state index in [4.69, 9.17) is 10.5 Å². The Morgan fingerprint density at radius 2 is 2.10 bits per heavy atom. The topological polar surface area (TPSA) is 105 Å². The van der Waals surface area contributed by atoms with Gasteiger partial charge in [-0.2, -0.15) is 0 Å². The number of benzene rings is 1. The summed E-state index contributed by atoms with van der Waals surface area (Å²) in [5.74, 6) is -0.693. The third kappa shape index (κ3) is 5.07. The van der Waals surface area contributed by atoms with Gasteiger partial charge in [0.05, 0.1) is 12.6 Å². The van der Waals surface area contributed by atoms with Gasteiger partial charge in [0.2, 0.25) is 5.91 Å². The number of ether oxygens (including phenoxy) is 1. The Balaban J connectivity index is 2.50. The molecule has 1 aromatic carbocycles. The Kier molecular flexibility index (Phi) is 6.27. The van der Waals surface area contributed by atoms with Crippen molar-refractivity contribution >= 4 is 5.91 Å². The monoisotopic (exact) mass is 282 g/mol. The van der Waals surface area contributed by atoms with Gasteiger partial charge in [0.15, 0.2) is 11.5 Å². The van der Waals surface area contributed by atoms with Crippen LogP contribution in [0.4, 0.5) is 0 Å². The van der Waals surface area contributed by atoms with E-state index >= 15 is 0 Å². The van der Waals surface area contributed by atoms with E-state index in [1.807, 2.05) is 13.8 Å². The standard InChI is InChI=1S/C14H22N2O4/c1-3-20-8-9(2)16-14(19)11(15)6-10-4-5-12(17)13(18)7-10/h4-5,7,9,11,17-18H,3,6,8,15H2,1-2H3,(H,16,19)/t9?,11-/m0/s1. The molecule has 0 aliphatic carbocycles. The smallest absolute Gasteiger partial charge is 0.237 e. The molecule has 1 unspecified atom stereocenters. The van der Waals surface area contributed by atoms with Gasteiger partial charge in [-0.3, -0.25) is 4.79 Å². The van der Waals surface area contributed by atoms with Crippen molar-refractivity contribution in [3.05, 3.63) is 23.8 Å². The molecule has 0 aliphatic rings. The van der Waals surface area contributed by atoms with Crippen LogP contribution in [0.2, 0.25) is 0 Å². The third-order valence-corrected chi connectivity index (χ3v) is 2.79. The maximum Gasteiger partial charge on any atom is 0.237 e. The Morgan fingerprint density at radius 3 is 2.70 bits per heavy atom. The van der Waals surface area contributed by atoms with Crippen LogP contribution in [-0.4, -0.2) is 41.4 Å². The lowest BCUT2D eigenvalue weighted by molar-refractivity contribution is -0.123. The highest BCUT2D eigenvalue weighted by molar-refractivity contribution is 5.82. The summed E-state index contributed by atoms with van der Waals surface area (Å²) in [5.41, 5.74) is 6.50. The van der Waals surface area contributed by atoms with Crippen LogP contribution in [0.15, 0.2) is 18.2 Å². The maximum absolute atomic E-state index is 11.9. The fraction of sp³-hybridized carbons (Fsp3) is 0.500. The minimum Gasteiger partial charge on any atom is -0.504 e. The lowest BCUT2D eigenvalue weighted by Crippen LogP contribution is -2.46. The molecule has 1 amide bonds. The van der Waals surface area contributed by atoms with Gasteiger partial charge >= 0.3 is 0 Å². The number of carbonyl (C=O) groups excluding carboxylic acids is 1. The summed E-state index contributed by atoms with van der Waals surface area (Å²) in [6, 6.07) is 3.55. The molecule has 0 aliphatic heterocycles. The molecule has 5 N–H and O–H groups in total. The maximum atomic E-state index is 11.9. The zero-order valence-electron chi connectivity index (χ0n) is 11.8. The molecule has 1 rings (SSSR count). The van der Waals surface area contributed by atoms with Gasteiger partial charge in [-0.1, -0.05) is 6.07 Å². The van der Waals surface area contributed by atoms with E-state index in [2.05, 4.69) is 5.32 Å². The number of amides is 1. The van der Waals surface area contributed by atoms with Crippen molar-refractivity contribution in [3.63, 3.8) is 0 Å². The Labute approximate surface area is 118 Å². The number of hydrogen-bond donors (Lipinski definition) is 4. The number of aromatic hydroxyl groups is 2. The molecule has 20 heavy (non-hydrogen) atoms. The molecule has 0 radical (unpaired) electrons. The summed E-state index contributed by atoms with van der Waals surface area (Å²) in [5, 5.41) is 21.4. The fourth-order valence-electron chi connectivity index (χ4n) is 1.73. The Morgan fingerprint density at radius 1 is 1.40 bits per heavy atom. The summed E-state index contributed by atoms with van der Waals surface area (Å²) in [7, 11) is 0. The average Bonchev–Trinajstić information content (AvgIpc) is 2.40. The number of carbonyl (C=O) groups is 1. The van der Waals surface area contributed by atoms with E-state index < -0.39 is 6.04 Å². The number of nitrogens with two attached hydrogens (primary N) is 1. The van der Waals surface area contributed by atoms with Crippen LogP contribution in [0, 0.1) is 0 Å². The molecule has 2 atom stereocenters. The molecule has 0 saturated carbocycles. The van der Waals surface area contributed by atoms with Crippen LogP contribution in [0.5, 0.6) is 11.5 Å². The Bertz CT molecular complexity index is 451. The largest absolute Gasteiger partial charge is 0.504 e. The molecule has 0 heterocycles. The first-order valence-electron chi connectivity index (χ1n) is 6.58. The van der Waals surface area contributed by atoms with Crippen molar-refractivity contribution < 1.29 is 19.7 Å². The molecule has 0 saturated heterocycles. The van der Waals surface area contributed by atoms with Gasteiger partial charge in [0.1, 0.15) is 0 Å². The SMILES string of the molecule is CCOCC(C)NC(=O)[C@@H](N)Cc1ccc(O)c(O)c1. The van der Waals surface area contributed by atoms with Crippen molar-refractivity contribution in [2.45, 2.75) is 32.4 Å². The molecule has 0 fully saturated rings. The lowest BCUT2D eigenvalue weighted by atomic mass is 10.1. The molecule has 0 aromatic heterocycles. The van der Waals surface area contributed by atoms with Crippen LogP contribution < -0.4 is 11.1 Å². The van der Waals surface area contributed by atoms with E-state index in [0.29, 0.717) is 18.8 Å². The van der Waals surface area contributed by atoms with Gasteiger partial charge in [-0.15, -0.1) is 0 Å². The quantitative estimate of drug-likeness (QED) is 0.545. The number of nitrogens with one attached hydrogen (secondary N) is 1. The van der Waals surface area contributed by atoms with E-state index in [0.717, 1.165) is 0 Å². The Hall–Kier alpha value is -1.79. The molecular formula is C14H22N2O4. The number of rotatable bonds is 7. The fourth-order valence-corrected chi connectivity index (χ4v) is 1.73. The zero-order chi connectivity index (χ0) is 15.1.